The number of Topliss-reactive ketones (excluding diaryl/α,β-unsaturated/α-hetero) is 1. The van der Waals surface area contributed by atoms with Gasteiger partial charge >= 0.3 is 10.1 Å². The minimum Gasteiger partial charge on any atom is -0.382 e. The monoisotopic (exact) mass is 494 g/mol. The van der Waals surface area contributed by atoms with Crippen molar-refractivity contribution < 1.29 is 22.2 Å². The maximum Gasteiger partial charge on any atom is 0.308 e. The second-order valence-electron chi connectivity index (χ2n) is 9.31. The van der Waals surface area contributed by atoms with Crippen molar-refractivity contribution in [2.45, 2.75) is 52.4 Å². The van der Waals surface area contributed by atoms with E-state index in [0.29, 0.717) is 18.8 Å². The van der Waals surface area contributed by atoms with Gasteiger partial charge in [-0.05, 0) is 61.9 Å². The first-order valence-corrected chi connectivity index (χ1v) is 13.8. The van der Waals surface area contributed by atoms with Crippen LogP contribution in [0.1, 0.15) is 63.5 Å². The molecule has 5 nitrogen and oxygen atoms in total. The van der Waals surface area contributed by atoms with Crippen LogP contribution in [-0.4, -0.2) is 25.7 Å². The zero-order valence-electron chi connectivity index (χ0n) is 20.5. The maximum atomic E-state index is 13.3. The lowest BCUT2D eigenvalue weighted by atomic mass is 9.68. The molecule has 0 amide bonds. The van der Waals surface area contributed by atoms with Gasteiger partial charge in [-0.25, -0.2) is 0 Å². The van der Waals surface area contributed by atoms with Crippen molar-refractivity contribution in [3.05, 3.63) is 77.9 Å². The molecule has 0 aromatic heterocycles. The first-order valence-electron chi connectivity index (χ1n) is 12.2. The standard InChI is InChI=1S/C29H34O5S/c1-3-35(32,33)34-26-17-10-14-24(21-26)13-7-8-18-27(30)29(2,22-25-15-9-16-25)28(31)20-19-23-11-5-4-6-12-23/h4-7,10-14,17,19-21,25H,3,8-9,15-16,18,22H2,1-2H3/b13-7+,20-19+. The Hall–Kier alpha value is -2.99. The van der Waals surface area contributed by atoms with E-state index in [1.807, 2.05) is 48.6 Å². The Morgan fingerprint density at radius 2 is 1.74 bits per heavy atom. The normalized spacial score (nSPS) is 16.2. The number of ketones is 2. The van der Waals surface area contributed by atoms with Gasteiger partial charge in [0.25, 0.3) is 0 Å². The van der Waals surface area contributed by atoms with Gasteiger partial charge in [-0.2, -0.15) is 8.42 Å². The molecule has 35 heavy (non-hydrogen) atoms. The summed E-state index contributed by atoms with van der Waals surface area (Å²) in [5.41, 5.74) is 0.687. The zero-order chi connectivity index (χ0) is 25.3. The van der Waals surface area contributed by atoms with E-state index in [4.69, 9.17) is 4.18 Å². The predicted octanol–water partition coefficient (Wildman–Crippen LogP) is 6.26. The van der Waals surface area contributed by atoms with Gasteiger partial charge < -0.3 is 4.18 Å². The molecule has 1 atom stereocenters. The van der Waals surface area contributed by atoms with Crippen LogP contribution < -0.4 is 4.18 Å². The van der Waals surface area contributed by atoms with E-state index in [9.17, 15) is 18.0 Å². The van der Waals surface area contributed by atoms with Crippen molar-refractivity contribution >= 4 is 33.8 Å². The highest BCUT2D eigenvalue weighted by molar-refractivity contribution is 7.87. The van der Waals surface area contributed by atoms with E-state index in [0.717, 1.165) is 30.4 Å². The SMILES string of the molecule is CCS(=O)(=O)Oc1cccc(/C=C/CCC(=O)C(C)(CC2CCC2)C(=O)/C=C/c2ccccc2)c1. The van der Waals surface area contributed by atoms with Gasteiger partial charge in [-0.15, -0.1) is 0 Å². The number of allylic oxidation sites excluding steroid dienone is 2. The Morgan fingerprint density at radius 1 is 1.03 bits per heavy atom. The Morgan fingerprint density at radius 3 is 2.40 bits per heavy atom. The van der Waals surface area contributed by atoms with Crippen molar-refractivity contribution in [3.8, 4) is 5.75 Å². The average molecular weight is 495 g/mol. The number of carbonyl (C=O) groups is 2. The zero-order valence-corrected chi connectivity index (χ0v) is 21.3. The quantitative estimate of drug-likeness (QED) is 0.187. The molecule has 186 valence electrons. The highest BCUT2D eigenvalue weighted by atomic mass is 32.2. The van der Waals surface area contributed by atoms with Crippen molar-refractivity contribution in [1.29, 1.82) is 0 Å². The van der Waals surface area contributed by atoms with Crippen molar-refractivity contribution in [2.75, 3.05) is 5.75 Å². The number of carbonyl (C=O) groups excluding carboxylic acids is 2. The third-order valence-corrected chi connectivity index (χ3v) is 7.74. The molecule has 1 aliphatic carbocycles. The molecule has 1 aliphatic rings. The summed E-state index contributed by atoms with van der Waals surface area (Å²) < 4.78 is 28.4. The number of hydrogen-bond acceptors (Lipinski definition) is 5. The molecule has 2 aromatic rings. The minimum atomic E-state index is -3.59. The second kappa shape index (κ2) is 12.1. The van der Waals surface area contributed by atoms with E-state index in [2.05, 4.69) is 0 Å². The summed E-state index contributed by atoms with van der Waals surface area (Å²) in [6.07, 6.45) is 11.7. The van der Waals surface area contributed by atoms with Crippen LogP contribution in [0.15, 0.2) is 66.7 Å². The Balaban J connectivity index is 1.64. The first kappa shape index (κ1) is 26.6. The molecule has 0 aliphatic heterocycles. The molecule has 2 aromatic carbocycles. The maximum absolute atomic E-state index is 13.3. The number of hydrogen-bond donors (Lipinski definition) is 0. The molecule has 0 N–H and O–H groups in total. The van der Waals surface area contributed by atoms with Gasteiger partial charge in [-0.3, -0.25) is 9.59 Å². The molecule has 1 fully saturated rings. The van der Waals surface area contributed by atoms with Crippen LogP contribution in [0.4, 0.5) is 0 Å². The fourth-order valence-corrected chi connectivity index (χ4v) is 4.65. The third kappa shape index (κ3) is 7.76. The molecule has 3 rings (SSSR count). The van der Waals surface area contributed by atoms with Gasteiger partial charge in [-0.1, -0.05) is 80.0 Å². The lowest BCUT2D eigenvalue weighted by molar-refractivity contribution is -0.138. The third-order valence-electron chi connectivity index (χ3n) is 6.59. The van der Waals surface area contributed by atoms with E-state index in [-0.39, 0.29) is 29.5 Å². The largest absolute Gasteiger partial charge is 0.382 e. The number of rotatable bonds is 13. The van der Waals surface area contributed by atoms with E-state index in [1.54, 1.807) is 37.3 Å². The van der Waals surface area contributed by atoms with E-state index >= 15 is 0 Å². The molecule has 0 spiro atoms. The molecule has 0 heterocycles. The predicted molar refractivity (Wildman–Crippen MR) is 140 cm³/mol. The van der Waals surface area contributed by atoms with Gasteiger partial charge in [0.05, 0.1) is 11.2 Å². The van der Waals surface area contributed by atoms with Crippen LogP contribution in [0.2, 0.25) is 0 Å². The fraction of sp³-hybridized carbons (Fsp3) is 0.379. The molecule has 1 unspecified atom stereocenters. The molecular formula is C29H34O5S. The van der Waals surface area contributed by atoms with Gasteiger partial charge in [0.15, 0.2) is 5.78 Å². The van der Waals surface area contributed by atoms with Crippen LogP contribution in [-0.2, 0) is 19.7 Å². The molecule has 0 saturated heterocycles. The van der Waals surface area contributed by atoms with Crippen molar-refractivity contribution in [3.63, 3.8) is 0 Å². The van der Waals surface area contributed by atoms with Crippen LogP contribution in [0.5, 0.6) is 5.75 Å². The summed E-state index contributed by atoms with van der Waals surface area (Å²) in [5, 5.41) is 0. The van der Waals surface area contributed by atoms with E-state index in [1.165, 1.54) is 6.92 Å². The molecule has 6 heteroatoms. The van der Waals surface area contributed by atoms with Gasteiger partial charge in [0.1, 0.15) is 11.5 Å². The highest BCUT2D eigenvalue weighted by Gasteiger charge is 2.41. The van der Waals surface area contributed by atoms with Crippen molar-refractivity contribution in [1.82, 2.24) is 0 Å². The molecule has 1 saturated carbocycles. The smallest absolute Gasteiger partial charge is 0.308 e. The summed E-state index contributed by atoms with van der Waals surface area (Å²) in [6, 6.07) is 16.4. The summed E-state index contributed by atoms with van der Waals surface area (Å²) in [5.74, 6) is 0.408. The topological polar surface area (TPSA) is 77.5 Å². The Labute approximate surface area is 209 Å². The lowest BCUT2D eigenvalue weighted by Gasteiger charge is -2.34. The molecule has 0 radical (unpaired) electrons. The molecular weight excluding hydrogens is 460 g/mol. The van der Waals surface area contributed by atoms with Gasteiger partial charge in [0, 0.05) is 6.42 Å². The minimum absolute atomic E-state index is 0.0390. The second-order valence-corrected chi connectivity index (χ2v) is 11.2. The van der Waals surface area contributed by atoms with Crippen LogP contribution in [0, 0.1) is 11.3 Å². The molecule has 0 bridgehead atoms. The van der Waals surface area contributed by atoms with Gasteiger partial charge in [0.2, 0.25) is 0 Å². The van der Waals surface area contributed by atoms with Crippen LogP contribution in [0.25, 0.3) is 12.2 Å². The summed E-state index contributed by atoms with van der Waals surface area (Å²) in [4.78, 5) is 26.5. The fourth-order valence-electron chi connectivity index (χ4n) is 4.13. The number of benzene rings is 2. The van der Waals surface area contributed by atoms with Crippen LogP contribution in [0.3, 0.4) is 0 Å². The Kier molecular flexibility index (Phi) is 9.21. The van der Waals surface area contributed by atoms with E-state index < -0.39 is 15.5 Å². The highest BCUT2D eigenvalue weighted by Crippen LogP contribution is 2.39. The average Bonchev–Trinajstić information content (AvgIpc) is 2.83. The summed E-state index contributed by atoms with van der Waals surface area (Å²) in [6.45, 7) is 3.32. The van der Waals surface area contributed by atoms with Crippen LogP contribution >= 0.6 is 0 Å². The lowest BCUT2D eigenvalue weighted by Crippen LogP contribution is -2.38. The van der Waals surface area contributed by atoms with Crippen molar-refractivity contribution in [2.24, 2.45) is 11.3 Å². The summed E-state index contributed by atoms with van der Waals surface area (Å²) in [7, 11) is -3.59. The first-order chi connectivity index (χ1) is 16.7. The Bertz CT molecular complexity index is 1180. The summed E-state index contributed by atoms with van der Waals surface area (Å²) >= 11 is 0.